The summed E-state index contributed by atoms with van der Waals surface area (Å²) in [5.74, 6) is 0. The summed E-state index contributed by atoms with van der Waals surface area (Å²) >= 11 is 3.78. The maximum atomic E-state index is 11.9. The molecule has 0 rings (SSSR count). The Hall–Kier alpha value is -0.240. The highest BCUT2D eigenvalue weighted by Gasteiger charge is 2.58. The Morgan fingerprint density at radius 1 is 0.923 bits per heavy atom. The van der Waals surface area contributed by atoms with Crippen LogP contribution >= 0.6 is 11.6 Å². The van der Waals surface area contributed by atoms with E-state index in [1.807, 2.05) is 0 Å². The van der Waals surface area contributed by atoms with Crippen LogP contribution in [0.4, 0.5) is 30.7 Å². The highest BCUT2D eigenvalue weighted by molar-refractivity contribution is 6.22. The van der Waals surface area contributed by atoms with Crippen molar-refractivity contribution in [1.82, 2.24) is 0 Å². The number of hydrogen-bond acceptors (Lipinski definition) is 1. The first-order valence-electron chi connectivity index (χ1n) is 2.61. The van der Waals surface area contributed by atoms with Gasteiger partial charge in [0.2, 0.25) is 0 Å². The van der Waals surface area contributed by atoms with Crippen LogP contribution in [-0.2, 0) is 4.74 Å². The van der Waals surface area contributed by atoms with E-state index >= 15 is 0 Å². The van der Waals surface area contributed by atoms with Gasteiger partial charge in [0.1, 0.15) is 6.61 Å². The molecule has 0 aliphatic heterocycles. The van der Waals surface area contributed by atoms with Crippen LogP contribution in [0.15, 0.2) is 0 Å². The van der Waals surface area contributed by atoms with E-state index in [1.165, 1.54) is 0 Å². The minimum Gasteiger partial charge on any atom is -0.305 e. The predicted octanol–water partition coefficient (Wildman–Crippen LogP) is 2.99. The molecule has 0 saturated carbocycles. The molecule has 0 bridgehead atoms. The standard InChI is InChI=1S/C4H2ClF7O/c5-3(9,10)4(11,12)13-1-2(6,7)8/h1H2. The number of alkyl halides is 8. The topological polar surface area (TPSA) is 9.23 Å². The zero-order valence-corrected chi connectivity index (χ0v) is 6.39. The van der Waals surface area contributed by atoms with Crippen LogP contribution in [0.5, 0.6) is 0 Å². The summed E-state index contributed by atoms with van der Waals surface area (Å²) in [6.07, 6.45) is -10.5. The summed E-state index contributed by atoms with van der Waals surface area (Å²) in [5, 5.41) is -5.17. The van der Waals surface area contributed by atoms with Crippen LogP contribution in [0.2, 0.25) is 0 Å². The molecule has 0 radical (unpaired) electrons. The second-order valence-corrected chi connectivity index (χ2v) is 2.39. The van der Waals surface area contributed by atoms with Crippen molar-refractivity contribution in [2.24, 2.45) is 0 Å². The second-order valence-electron chi connectivity index (χ2n) is 1.92. The van der Waals surface area contributed by atoms with Crippen LogP contribution in [0.1, 0.15) is 0 Å². The predicted molar refractivity (Wildman–Crippen MR) is 27.8 cm³/mol. The summed E-state index contributed by atoms with van der Waals surface area (Å²) in [6.45, 7) is -2.50. The van der Waals surface area contributed by atoms with E-state index in [-0.39, 0.29) is 0 Å². The van der Waals surface area contributed by atoms with Crippen molar-refractivity contribution < 1.29 is 35.5 Å². The Morgan fingerprint density at radius 2 is 1.31 bits per heavy atom. The van der Waals surface area contributed by atoms with Crippen molar-refractivity contribution in [2.75, 3.05) is 6.61 Å². The summed E-state index contributed by atoms with van der Waals surface area (Å²) in [6, 6.07) is 0. The van der Waals surface area contributed by atoms with Gasteiger partial charge in [-0.15, -0.1) is 0 Å². The van der Waals surface area contributed by atoms with E-state index < -0.39 is 24.3 Å². The Kier molecular flexibility index (Phi) is 3.42. The first-order chi connectivity index (χ1) is 5.46. The molecular formula is C4H2ClF7O. The van der Waals surface area contributed by atoms with Crippen LogP contribution in [0.3, 0.4) is 0 Å². The van der Waals surface area contributed by atoms with Gasteiger partial charge in [0.15, 0.2) is 0 Å². The third-order valence-corrected chi connectivity index (χ3v) is 0.967. The van der Waals surface area contributed by atoms with E-state index in [0.717, 1.165) is 0 Å². The van der Waals surface area contributed by atoms with Crippen molar-refractivity contribution in [1.29, 1.82) is 0 Å². The van der Waals surface area contributed by atoms with Crippen molar-refractivity contribution in [3.05, 3.63) is 0 Å². The molecule has 1 nitrogen and oxygen atoms in total. The van der Waals surface area contributed by atoms with E-state index in [2.05, 4.69) is 16.3 Å². The Labute approximate surface area is 72.4 Å². The van der Waals surface area contributed by atoms with Crippen LogP contribution < -0.4 is 0 Å². The zero-order chi connectivity index (χ0) is 10.9. The smallest absolute Gasteiger partial charge is 0.305 e. The van der Waals surface area contributed by atoms with Crippen molar-refractivity contribution in [2.45, 2.75) is 17.7 Å². The summed E-state index contributed by atoms with van der Waals surface area (Å²) < 4.78 is 83.2. The third kappa shape index (κ3) is 4.51. The van der Waals surface area contributed by atoms with Crippen LogP contribution in [-0.4, -0.2) is 24.3 Å². The number of ether oxygens (including phenoxy) is 1. The second kappa shape index (κ2) is 3.49. The lowest BCUT2D eigenvalue weighted by molar-refractivity contribution is -0.343. The minimum absolute atomic E-state index is 2.50. The van der Waals surface area contributed by atoms with Gasteiger partial charge in [-0.3, -0.25) is 0 Å². The van der Waals surface area contributed by atoms with Gasteiger partial charge in [0.25, 0.3) is 0 Å². The highest BCUT2D eigenvalue weighted by Crippen LogP contribution is 2.39. The molecule has 0 atom stereocenters. The zero-order valence-electron chi connectivity index (χ0n) is 5.64. The first-order valence-corrected chi connectivity index (χ1v) is 2.99. The summed E-state index contributed by atoms with van der Waals surface area (Å²) in [4.78, 5) is 0. The molecule has 0 N–H and O–H groups in total. The first kappa shape index (κ1) is 12.8. The Morgan fingerprint density at radius 3 is 1.54 bits per heavy atom. The molecule has 0 saturated heterocycles. The van der Waals surface area contributed by atoms with Gasteiger partial charge in [-0.1, -0.05) is 0 Å². The molecule has 0 aromatic carbocycles. The molecule has 9 heteroatoms. The molecule has 0 aromatic heterocycles. The van der Waals surface area contributed by atoms with Crippen molar-refractivity contribution in [3.63, 3.8) is 0 Å². The molecule has 0 aliphatic rings. The van der Waals surface area contributed by atoms with E-state index in [9.17, 15) is 30.7 Å². The van der Waals surface area contributed by atoms with Gasteiger partial charge in [-0.2, -0.15) is 30.7 Å². The fraction of sp³-hybridized carbons (Fsp3) is 1.00. The fourth-order valence-corrected chi connectivity index (χ4v) is 0.309. The number of hydrogen-bond donors (Lipinski definition) is 0. The molecule has 0 aliphatic carbocycles. The average Bonchev–Trinajstić information content (AvgIpc) is 1.79. The van der Waals surface area contributed by atoms with Gasteiger partial charge in [0, 0.05) is 0 Å². The summed E-state index contributed by atoms with van der Waals surface area (Å²) in [7, 11) is 0. The SMILES string of the molecule is FC(F)(F)COC(F)(F)C(F)(F)Cl. The lowest BCUT2D eigenvalue weighted by atomic mass is 10.6. The highest BCUT2D eigenvalue weighted by atomic mass is 35.5. The summed E-state index contributed by atoms with van der Waals surface area (Å²) in [5.41, 5.74) is 0. The van der Waals surface area contributed by atoms with Gasteiger partial charge >= 0.3 is 17.7 Å². The van der Waals surface area contributed by atoms with Gasteiger partial charge < -0.3 is 4.74 Å². The minimum atomic E-state index is -5.34. The quantitative estimate of drug-likeness (QED) is 0.539. The normalized spacial score (nSPS) is 14.8. The third-order valence-electron chi connectivity index (χ3n) is 0.747. The van der Waals surface area contributed by atoms with Gasteiger partial charge in [-0.05, 0) is 11.6 Å². The fourth-order valence-electron chi connectivity index (χ4n) is 0.254. The molecule has 0 unspecified atom stereocenters. The molecular weight excluding hydrogens is 232 g/mol. The van der Waals surface area contributed by atoms with E-state index in [1.54, 1.807) is 0 Å². The van der Waals surface area contributed by atoms with Crippen LogP contribution in [0.25, 0.3) is 0 Å². The maximum Gasteiger partial charge on any atom is 0.435 e. The monoisotopic (exact) mass is 234 g/mol. The average molecular weight is 234 g/mol. The molecule has 13 heavy (non-hydrogen) atoms. The van der Waals surface area contributed by atoms with Crippen LogP contribution in [0, 0.1) is 0 Å². The lowest BCUT2D eigenvalue weighted by Crippen LogP contribution is -2.40. The van der Waals surface area contributed by atoms with Crippen molar-refractivity contribution in [3.8, 4) is 0 Å². The van der Waals surface area contributed by atoms with Gasteiger partial charge in [0.05, 0.1) is 0 Å². The van der Waals surface area contributed by atoms with Gasteiger partial charge in [-0.25, -0.2) is 0 Å². The Bertz CT molecular complexity index is 170. The van der Waals surface area contributed by atoms with E-state index in [4.69, 9.17) is 0 Å². The number of halogens is 8. The molecule has 0 amide bonds. The maximum absolute atomic E-state index is 11.9. The Balaban J connectivity index is 4.21. The molecule has 80 valence electrons. The molecule has 0 aromatic rings. The van der Waals surface area contributed by atoms with E-state index in [0.29, 0.717) is 0 Å². The molecule has 0 fully saturated rings. The largest absolute Gasteiger partial charge is 0.435 e. The molecule has 0 heterocycles. The number of rotatable bonds is 3. The van der Waals surface area contributed by atoms with Crippen molar-refractivity contribution >= 4 is 11.6 Å². The lowest BCUT2D eigenvalue weighted by Gasteiger charge is -2.21. The molecule has 0 spiro atoms.